The zero-order chi connectivity index (χ0) is 12.6. The Bertz CT molecular complexity index is 530. The molecule has 0 bridgehead atoms. The molecule has 92 valence electrons. The summed E-state index contributed by atoms with van der Waals surface area (Å²) in [5.41, 5.74) is 3.29. The van der Waals surface area contributed by atoms with Gasteiger partial charge in [0.2, 0.25) is 0 Å². The summed E-state index contributed by atoms with van der Waals surface area (Å²) >= 11 is 7.56. The highest BCUT2D eigenvalue weighted by atomic mass is 35.5. The maximum atomic E-state index is 5.95. The predicted molar refractivity (Wildman–Crippen MR) is 74.0 cm³/mol. The van der Waals surface area contributed by atoms with E-state index in [1.807, 2.05) is 24.7 Å². The third kappa shape index (κ3) is 2.48. The van der Waals surface area contributed by atoms with E-state index in [-0.39, 0.29) is 6.04 Å². The Kier molecular flexibility index (Phi) is 3.45. The lowest BCUT2D eigenvalue weighted by molar-refractivity contribution is 0.731. The minimum absolute atomic E-state index is 0.245. The molecule has 1 N–H and O–H groups in total. The van der Waals surface area contributed by atoms with Crippen LogP contribution in [0.3, 0.4) is 0 Å². The van der Waals surface area contributed by atoms with Crippen LogP contribution in [-0.2, 0) is 7.05 Å². The van der Waals surface area contributed by atoms with E-state index in [4.69, 9.17) is 11.6 Å². The fourth-order valence-electron chi connectivity index (χ4n) is 1.83. The second-order valence-electron chi connectivity index (χ2n) is 4.18. The SMILES string of the molecule is Cc1nn(C)c(C)c1NC(C)c1ccc(Cl)s1. The molecule has 2 heterocycles. The highest BCUT2D eigenvalue weighted by molar-refractivity contribution is 7.16. The van der Waals surface area contributed by atoms with E-state index < -0.39 is 0 Å². The third-order valence-corrected chi connectivity index (χ3v) is 4.30. The molecular weight excluding hydrogens is 254 g/mol. The van der Waals surface area contributed by atoms with Gasteiger partial charge < -0.3 is 5.32 Å². The van der Waals surface area contributed by atoms with Crippen molar-refractivity contribution in [2.75, 3.05) is 5.32 Å². The van der Waals surface area contributed by atoms with Crippen LogP contribution in [0.15, 0.2) is 12.1 Å². The van der Waals surface area contributed by atoms with Gasteiger partial charge in [-0.05, 0) is 32.9 Å². The van der Waals surface area contributed by atoms with Gasteiger partial charge in [-0.1, -0.05) is 11.6 Å². The summed E-state index contributed by atoms with van der Waals surface area (Å²) in [5, 5.41) is 7.89. The zero-order valence-corrected chi connectivity index (χ0v) is 12.0. The van der Waals surface area contributed by atoms with Crippen molar-refractivity contribution in [1.29, 1.82) is 0 Å². The molecule has 0 fully saturated rings. The largest absolute Gasteiger partial charge is 0.375 e. The van der Waals surface area contributed by atoms with Crippen LogP contribution < -0.4 is 5.32 Å². The zero-order valence-electron chi connectivity index (χ0n) is 10.4. The molecular formula is C12H16ClN3S. The second-order valence-corrected chi connectivity index (χ2v) is 5.92. The van der Waals surface area contributed by atoms with Crippen LogP contribution in [0.1, 0.15) is 29.2 Å². The van der Waals surface area contributed by atoms with Gasteiger partial charge in [0, 0.05) is 11.9 Å². The lowest BCUT2D eigenvalue weighted by Crippen LogP contribution is -2.06. The van der Waals surface area contributed by atoms with Crippen molar-refractivity contribution in [2.24, 2.45) is 7.05 Å². The number of nitrogens with zero attached hydrogens (tertiary/aromatic N) is 2. The van der Waals surface area contributed by atoms with E-state index >= 15 is 0 Å². The number of thiophene rings is 1. The number of anilines is 1. The molecule has 2 rings (SSSR count). The van der Waals surface area contributed by atoms with Gasteiger partial charge in [0.1, 0.15) is 0 Å². The minimum Gasteiger partial charge on any atom is -0.375 e. The molecule has 0 amide bonds. The number of hydrogen-bond acceptors (Lipinski definition) is 3. The summed E-state index contributed by atoms with van der Waals surface area (Å²) in [6.07, 6.45) is 0. The van der Waals surface area contributed by atoms with Crippen molar-refractivity contribution >= 4 is 28.6 Å². The monoisotopic (exact) mass is 269 g/mol. The molecule has 0 aliphatic heterocycles. The number of aromatic nitrogens is 2. The molecule has 2 aromatic rings. The molecule has 0 radical (unpaired) electrons. The van der Waals surface area contributed by atoms with Crippen LogP contribution in [0.5, 0.6) is 0 Å². The van der Waals surface area contributed by atoms with E-state index in [1.54, 1.807) is 11.3 Å². The normalized spacial score (nSPS) is 12.8. The minimum atomic E-state index is 0.245. The van der Waals surface area contributed by atoms with Crippen LogP contribution in [0.2, 0.25) is 4.34 Å². The van der Waals surface area contributed by atoms with Crippen LogP contribution in [-0.4, -0.2) is 9.78 Å². The van der Waals surface area contributed by atoms with Crippen LogP contribution in [0.4, 0.5) is 5.69 Å². The molecule has 1 unspecified atom stereocenters. The van der Waals surface area contributed by atoms with Crippen LogP contribution in [0.25, 0.3) is 0 Å². The molecule has 5 heteroatoms. The second kappa shape index (κ2) is 4.70. The van der Waals surface area contributed by atoms with E-state index in [2.05, 4.69) is 30.3 Å². The first-order chi connectivity index (χ1) is 7.99. The van der Waals surface area contributed by atoms with Gasteiger partial charge in [0.05, 0.1) is 27.5 Å². The first-order valence-corrected chi connectivity index (χ1v) is 6.70. The van der Waals surface area contributed by atoms with Crippen molar-refractivity contribution in [3.8, 4) is 0 Å². The summed E-state index contributed by atoms with van der Waals surface area (Å²) in [7, 11) is 1.96. The van der Waals surface area contributed by atoms with Gasteiger partial charge in [-0.25, -0.2) is 0 Å². The molecule has 0 spiro atoms. The molecule has 17 heavy (non-hydrogen) atoms. The van der Waals surface area contributed by atoms with Crippen LogP contribution >= 0.6 is 22.9 Å². The van der Waals surface area contributed by atoms with Crippen molar-refractivity contribution in [2.45, 2.75) is 26.8 Å². The molecule has 0 saturated heterocycles. The van der Waals surface area contributed by atoms with Crippen molar-refractivity contribution in [3.63, 3.8) is 0 Å². The standard InChI is InChI=1S/C12H16ClN3S/c1-7(10-5-6-11(13)17-10)14-12-8(2)15-16(4)9(12)3/h5-7,14H,1-4H3. The molecule has 0 aliphatic carbocycles. The molecule has 0 aromatic carbocycles. The van der Waals surface area contributed by atoms with Gasteiger partial charge in [0.15, 0.2) is 0 Å². The molecule has 2 aromatic heterocycles. The summed E-state index contributed by atoms with van der Waals surface area (Å²) in [5.74, 6) is 0. The number of nitrogens with one attached hydrogen (secondary N) is 1. The maximum absolute atomic E-state index is 5.95. The number of halogens is 1. The number of hydrogen-bond donors (Lipinski definition) is 1. The topological polar surface area (TPSA) is 29.9 Å². The Balaban J connectivity index is 2.21. The average Bonchev–Trinajstić information content (AvgIpc) is 2.79. The van der Waals surface area contributed by atoms with Gasteiger partial charge in [-0.15, -0.1) is 11.3 Å². The number of aryl methyl sites for hydroxylation is 2. The van der Waals surface area contributed by atoms with E-state index in [0.29, 0.717) is 0 Å². The Morgan fingerprint density at radius 1 is 1.41 bits per heavy atom. The predicted octanol–water partition coefficient (Wildman–Crippen LogP) is 3.92. The average molecular weight is 270 g/mol. The summed E-state index contributed by atoms with van der Waals surface area (Å²) in [6, 6.07) is 4.24. The number of rotatable bonds is 3. The first kappa shape index (κ1) is 12.5. The third-order valence-electron chi connectivity index (χ3n) is 2.89. The van der Waals surface area contributed by atoms with Crippen LogP contribution in [0, 0.1) is 13.8 Å². The first-order valence-electron chi connectivity index (χ1n) is 5.51. The lowest BCUT2D eigenvalue weighted by atomic mass is 10.2. The van der Waals surface area contributed by atoms with Crippen molar-refractivity contribution in [3.05, 3.63) is 32.7 Å². The van der Waals surface area contributed by atoms with E-state index in [1.165, 1.54) is 4.88 Å². The summed E-state index contributed by atoms with van der Waals surface area (Å²) < 4.78 is 2.72. The Labute approximate surface area is 110 Å². The highest BCUT2D eigenvalue weighted by Gasteiger charge is 2.14. The van der Waals surface area contributed by atoms with Gasteiger partial charge >= 0.3 is 0 Å². The quantitative estimate of drug-likeness (QED) is 0.915. The fourth-order valence-corrected chi connectivity index (χ4v) is 2.89. The molecule has 3 nitrogen and oxygen atoms in total. The lowest BCUT2D eigenvalue weighted by Gasteiger charge is -2.13. The molecule has 0 saturated carbocycles. The van der Waals surface area contributed by atoms with E-state index in [0.717, 1.165) is 21.4 Å². The summed E-state index contributed by atoms with van der Waals surface area (Å²) in [6.45, 7) is 6.22. The fraction of sp³-hybridized carbons (Fsp3) is 0.417. The Morgan fingerprint density at radius 2 is 2.12 bits per heavy atom. The highest BCUT2D eigenvalue weighted by Crippen LogP contribution is 2.30. The van der Waals surface area contributed by atoms with Crippen molar-refractivity contribution in [1.82, 2.24) is 9.78 Å². The Hall–Kier alpha value is -1.000. The smallest absolute Gasteiger partial charge is 0.0932 e. The van der Waals surface area contributed by atoms with Gasteiger partial charge in [-0.3, -0.25) is 4.68 Å². The Morgan fingerprint density at radius 3 is 2.59 bits per heavy atom. The van der Waals surface area contributed by atoms with E-state index in [9.17, 15) is 0 Å². The van der Waals surface area contributed by atoms with Gasteiger partial charge in [-0.2, -0.15) is 5.10 Å². The molecule has 0 aliphatic rings. The maximum Gasteiger partial charge on any atom is 0.0932 e. The van der Waals surface area contributed by atoms with Crippen molar-refractivity contribution < 1.29 is 0 Å². The van der Waals surface area contributed by atoms with Gasteiger partial charge in [0.25, 0.3) is 0 Å². The molecule has 1 atom stereocenters. The summed E-state index contributed by atoms with van der Waals surface area (Å²) in [4.78, 5) is 1.23.